The maximum Gasteiger partial charge on any atom is 0.253 e. The first-order valence-corrected chi connectivity index (χ1v) is 5.36. The maximum absolute atomic E-state index is 11.4. The monoisotopic (exact) mass is 227 g/mol. The lowest BCUT2D eigenvalue weighted by atomic mass is 10.0. The number of carbonyl (C=O) groups is 1. The van der Waals surface area contributed by atoms with E-state index >= 15 is 0 Å². The van der Waals surface area contributed by atoms with Crippen molar-refractivity contribution in [1.29, 1.82) is 0 Å². The van der Waals surface area contributed by atoms with Crippen LogP contribution in [0.3, 0.4) is 0 Å². The standard InChI is InChI=1S/C14H13NO2/c16-10-15-14(17)13-8-6-12(7-9-13)11-4-2-1-3-5-11/h1-9,16H,10H2,(H,15,17). The molecule has 2 N–H and O–H groups in total. The van der Waals surface area contributed by atoms with Gasteiger partial charge in [-0.1, -0.05) is 42.5 Å². The minimum Gasteiger partial charge on any atom is -0.376 e. The molecule has 3 heteroatoms. The fraction of sp³-hybridized carbons (Fsp3) is 0.0714. The van der Waals surface area contributed by atoms with Crippen molar-refractivity contribution in [2.75, 3.05) is 6.73 Å². The highest BCUT2D eigenvalue weighted by molar-refractivity contribution is 5.94. The van der Waals surface area contributed by atoms with Crippen LogP contribution in [-0.4, -0.2) is 17.7 Å². The van der Waals surface area contributed by atoms with E-state index in [4.69, 9.17) is 5.11 Å². The average molecular weight is 227 g/mol. The Bertz CT molecular complexity index is 491. The summed E-state index contributed by atoms with van der Waals surface area (Å²) in [5.41, 5.74) is 2.71. The summed E-state index contributed by atoms with van der Waals surface area (Å²) >= 11 is 0. The van der Waals surface area contributed by atoms with Crippen LogP contribution >= 0.6 is 0 Å². The third-order valence-electron chi connectivity index (χ3n) is 2.49. The van der Waals surface area contributed by atoms with E-state index < -0.39 is 0 Å². The van der Waals surface area contributed by atoms with Crippen LogP contribution in [-0.2, 0) is 0 Å². The molecule has 86 valence electrons. The van der Waals surface area contributed by atoms with Gasteiger partial charge in [0, 0.05) is 5.56 Å². The Labute approximate surface area is 99.7 Å². The summed E-state index contributed by atoms with van der Waals surface area (Å²) in [6.45, 7) is -0.348. The second-order valence-corrected chi connectivity index (χ2v) is 3.61. The Morgan fingerprint density at radius 1 is 0.941 bits per heavy atom. The number of carbonyl (C=O) groups excluding carboxylic acids is 1. The summed E-state index contributed by atoms with van der Waals surface area (Å²) in [4.78, 5) is 11.4. The van der Waals surface area contributed by atoms with Crippen LogP contribution in [0, 0.1) is 0 Å². The van der Waals surface area contributed by atoms with Gasteiger partial charge in [-0.15, -0.1) is 0 Å². The van der Waals surface area contributed by atoms with Gasteiger partial charge in [0.25, 0.3) is 5.91 Å². The van der Waals surface area contributed by atoms with E-state index in [9.17, 15) is 4.79 Å². The summed E-state index contributed by atoms with van der Waals surface area (Å²) in [5, 5.41) is 10.9. The smallest absolute Gasteiger partial charge is 0.253 e. The molecule has 0 saturated heterocycles. The van der Waals surface area contributed by atoms with Gasteiger partial charge >= 0.3 is 0 Å². The number of rotatable bonds is 3. The van der Waals surface area contributed by atoms with Crippen LogP contribution in [0.4, 0.5) is 0 Å². The van der Waals surface area contributed by atoms with E-state index in [1.807, 2.05) is 42.5 Å². The predicted molar refractivity (Wildman–Crippen MR) is 66.4 cm³/mol. The Hall–Kier alpha value is -2.13. The van der Waals surface area contributed by atoms with E-state index in [-0.39, 0.29) is 12.6 Å². The quantitative estimate of drug-likeness (QED) is 0.788. The lowest BCUT2D eigenvalue weighted by Crippen LogP contribution is -2.23. The first-order valence-electron chi connectivity index (χ1n) is 5.36. The number of benzene rings is 2. The molecule has 0 bridgehead atoms. The molecule has 0 saturated carbocycles. The first-order chi connectivity index (χ1) is 8.31. The molecule has 0 spiro atoms. The minimum absolute atomic E-state index is 0.271. The van der Waals surface area contributed by atoms with Crippen molar-refractivity contribution in [2.45, 2.75) is 0 Å². The van der Waals surface area contributed by atoms with Crippen LogP contribution in [0.1, 0.15) is 10.4 Å². The average Bonchev–Trinajstić information content (AvgIpc) is 2.40. The molecule has 0 fully saturated rings. The Morgan fingerprint density at radius 3 is 2.12 bits per heavy atom. The Morgan fingerprint density at radius 2 is 1.53 bits per heavy atom. The van der Waals surface area contributed by atoms with Crippen LogP contribution in [0.15, 0.2) is 54.6 Å². The molecule has 2 aromatic rings. The zero-order valence-electron chi connectivity index (χ0n) is 9.26. The predicted octanol–water partition coefficient (Wildman–Crippen LogP) is 2.03. The number of nitrogens with one attached hydrogen (secondary N) is 1. The highest BCUT2D eigenvalue weighted by atomic mass is 16.3. The summed E-state index contributed by atoms with van der Waals surface area (Å²) in [6, 6.07) is 17.2. The van der Waals surface area contributed by atoms with Crippen molar-refractivity contribution in [3.05, 3.63) is 60.2 Å². The van der Waals surface area contributed by atoms with Gasteiger partial charge in [-0.25, -0.2) is 0 Å². The highest BCUT2D eigenvalue weighted by Gasteiger charge is 2.04. The normalized spacial score (nSPS) is 9.94. The maximum atomic E-state index is 11.4. The molecule has 2 aromatic carbocycles. The molecular formula is C14H13NO2. The van der Waals surface area contributed by atoms with Gasteiger partial charge in [-0.2, -0.15) is 0 Å². The highest BCUT2D eigenvalue weighted by Crippen LogP contribution is 2.19. The van der Waals surface area contributed by atoms with Crippen LogP contribution < -0.4 is 5.32 Å². The zero-order chi connectivity index (χ0) is 12.1. The molecule has 0 aliphatic rings. The second-order valence-electron chi connectivity index (χ2n) is 3.61. The Balaban J connectivity index is 2.22. The molecule has 17 heavy (non-hydrogen) atoms. The van der Waals surface area contributed by atoms with Crippen molar-refractivity contribution >= 4 is 5.91 Å². The van der Waals surface area contributed by atoms with E-state index in [0.29, 0.717) is 5.56 Å². The van der Waals surface area contributed by atoms with E-state index in [1.54, 1.807) is 12.1 Å². The van der Waals surface area contributed by atoms with Crippen molar-refractivity contribution in [3.63, 3.8) is 0 Å². The van der Waals surface area contributed by atoms with Crippen molar-refractivity contribution in [1.82, 2.24) is 5.32 Å². The van der Waals surface area contributed by atoms with E-state index in [2.05, 4.69) is 5.32 Å². The zero-order valence-corrected chi connectivity index (χ0v) is 9.26. The molecular weight excluding hydrogens is 214 g/mol. The Kier molecular flexibility index (Phi) is 3.52. The molecule has 2 rings (SSSR count). The van der Waals surface area contributed by atoms with E-state index in [0.717, 1.165) is 11.1 Å². The van der Waals surface area contributed by atoms with Crippen LogP contribution in [0.5, 0.6) is 0 Å². The van der Waals surface area contributed by atoms with Crippen molar-refractivity contribution in [3.8, 4) is 11.1 Å². The third kappa shape index (κ3) is 2.71. The number of aliphatic hydroxyl groups excluding tert-OH is 1. The lowest BCUT2D eigenvalue weighted by Gasteiger charge is -2.04. The van der Waals surface area contributed by atoms with Gasteiger partial charge in [-0.3, -0.25) is 4.79 Å². The molecule has 0 heterocycles. The molecule has 0 aliphatic carbocycles. The molecule has 0 radical (unpaired) electrons. The van der Waals surface area contributed by atoms with Crippen LogP contribution in [0.25, 0.3) is 11.1 Å². The van der Waals surface area contributed by atoms with Crippen molar-refractivity contribution in [2.24, 2.45) is 0 Å². The van der Waals surface area contributed by atoms with Gasteiger partial charge < -0.3 is 10.4 Å². The molecule has 0 aromatic heterocycles. The molecule has 0 unspecified atom stereocenters. The summed E-state index contributed by atoms with van der Waals surface area (Å²) < 4.78 is 0. The number of hydrogen-bond acceptors (Lipinski definition) is 2. The fourth-order valence-electron chi connectivity index (χ4n) is 1.62. The fourth-order valence-corrected chi connectivity index (χ4v) is 1.62. The lowest BCUT2D eigenvalue weighted by molar-refractivity contribution is 0.0910. The van der Waals surface area contributed by atoms with Gasteiger partial charge in [0.05, 0.1) is 0 Å². The molecule has 0 aliphatic heterocycles. The number of hydrogen-bond donors (Lipinski definition) is 2. The number of aliphatic hydroxyl groups is 1. The summed E-state index contributed by atoms with van der Waals surface area (Å²) in [5.74, 6) is -0.271. The van der Waals surface area contributed by atoms with Gasteiger partial charge in [0.1, 0.15) is 6.73 Å². The topological polar surface area (TPSA) is 49.3 Å². The van der Waals surface area contributed by atoms with Gasteiger partial charge in [0.2, 0.25) is 0 Å². The second kappa shape index (κ2) is 5.27. The SMILES string of the molecule is O=C(NCO)c1ccc(-c2ccccc2)cc1. The van der Waals surface area contributed by atoms with Gasteiger partial charge in [-0.05, 0) is 23.3 Å². The van der Waals surface area contributed by atoms with E-state index in [1.165, 1.54) is 0 Å². The first kappa shape index (κ1) is 11.4. The molecule has 1 amide bonds. The minimum atomic E-state index is -0.348. The molecule has 0 atom stereocenters. The largest absolute Gasteiger partial charge is 0.376 e. The summed E-state index contributed by atoms with van der Waals surface area (Å²) in [7, 11) is 0. The summed E-state index contributed by atoms with van der Waals surface area (Å²) in [6.07, 6.45) is 0. The van der Waals surface area contributed by atoms with Gasteiger partial charge in [0.15, 0.2) is 0 Å². The van der Waals surface area contributed by atoms with Crippen molar-refractivity contribution < 1.29 is 9.90 Å². The number of amides is 1. The third-order valence-corrected chi connectivity index (χ3v) is 2.49. The molecule has 3 nitrogen and oxygen atoms in total. The van der Waals surface area contributed by atoms with Crippen LogP contribution in [0.2, 0.25) is 0 Å².